The third-order valence-electron chi connectivity index (χ3n) is 1.70. The van der Waals surface area contributed by atoms with Gasteiger partial charge in [-0.05, 0) is 17.6 Å². The highest BCUT2D eigenvalue weighted by Crippen LogP contribution is 2.26. The molecule has 1 aromatic rings. The van der Waals surface area contributed by atoms with E-state index in [0.717, 1.165) is 0 Å². The molecular weight excluding hydrogens is 209 g/mol. The fourth-order valence-electron chi connectivity index (χ4n) is 1.04. The molecule has 2 N–H and O–H groups in total. The van der Waals surface area contributed by atoms with Crippen LogP contribution in [0, 0.1) is 0 Å². The zero-order valence-electron chi connectivity index (χ0n) is 7.85. The maximum absolute atomic E-state index is 11.9. The third-order valence-corrected chi connectivity index (χ3v) is 1.70. The Labute approximate surface area is 85.2 Å². The fraction of sp³-hybridized carbons (Fsp3) is 0.250. The largest absolute Gasteiger partial charge is 0.493 e. The maximum atomic E-state index is 11.9. The van der Waals surface area contributed by atoms with E-state index >= 15 is 0 Å². The molecule has 0 heterocycles. The van der Waals surface area contributed by atoms with Gasteiger partial charge in [-0.1, -0.05) is 6.07 Å². The van der Waals surface area contributed by atoms with E-state index in [2.05, 4.69) is 4.74 Å². The van der Waals surface area contributed by atoms with Gasteiger partial charge in [-0.2, -0.15) is 8.78 Å². The van der Waals surface area contributed by atoms with E-state index in [1.165, 1.54) is 25.3 Å². The SMILES string of the molecule is COc1cc(B(O)O)ccc1OC(F)F. The van der Waals surface area contributed by atoms with Gasteiger partial charge in [0.2, 0.25) is 0 Å². The van der Waals surface area contributed by atoms with Crippen molar-refractivity contribution < 1.29 is 28.3 Å². The lowest BCUT2D eigenvalue weighted by Gasteiger charge is -2.10. The number of methoxy groups -OCH3 is 1. The molecule has 0 saturated heterocycles. The second-order valence-corrected chi connectivity index (χ2v) is 2.66. The molecule has 0 radical (unpaired) electrons. The highest BCUT2D eigenvalue weighted by molar-refractivity contribution is 6.58. The zero-order chi connectivity index (χ0) is 11.4. The molecule has 0 aromatic heterocycles. The van der Waals surface area contributed by atoms with E-state index in [1.807, 2.05) is 0 Å². The summed E-state index contributed by atoms with van der Waals surface area (Å²) in [6.07, 6.45) is 0. The normalized spacial score (nSPS) is 10.3. The predicted octanol–water partition coefficient (Wildman–Crippen LogP) is -0.0236. The monoisotopic (exact) mass is 218 g/mol. The molecule has 0 aliphatic rings. The Hall–Kier alpha value is -1.34. The minimum absolute atomic E-state index is 0.0147. The number of benzene rings is 1. The van der Waals surface area contributed by atoms with Crippen LogP contribution in [0.5, 0.6) is 11.5 Å². The molecule has 4 nitrogen and oxygen atoms in total. The van der Waals surface area contributed by atoms with E-state index in [1.54, 1.807) is 0 Å². The van der Waals surface area contributed by atoms with Crippen LogP contribution in [0.4, 0.5) is 8.78 Å². The first-order chi connectivity index (χ1) is 7.04. The van der Waals surface area contributed by atoms with Gasteiger partial charge in [-0.15, -0.1) is 0 Å². The summed E-state index contributed by atoms with van der Waals surface area (Å²) >= 11 is 0. The lowest BCUT2D eigenvalue weighted by atomic mass is 9.80. The molecule has 0 fully saturated rings. The first-order valence-corrected chi connectivity index (χ1v) is 4.03. The first-order valence-electron chi connectivity index (χ1n) is 4.03. The van der Waals surface area contributed by atoms with E-state index < -0.39 is 13.7 Å². The molecule has 1 rings (SSSR count). The molecule has 1 aromatic carbocycles. The molecule has 0 aliphatic carbocycles. The van der Waals surface area contributed by atoms with E-state index in [-0.39, 0.29) is 17.0 Å². The van der Waals surface area contributed by atoms with Crippen LogP contribution < -0.4 is 14.9 Å². The van der Waals surface area contributed by atoms with Crippen molar-refractivity contribution in [1.29, 1.82) is 0 Å². The van der Waals surface area contributed by atoms with Crippen molar-refractivity contribution in [1.82, 2.24) is 0 Å². The number of alkyl halides is 2. The maximum Gasteiger partial charge on any atom is 0.488 e. The second kappa shape index (κ2) is 4.95. The Kier molecular flexibility index (Phi) is 3.87. The van der Waals surface area contributed by atoms with Crippen molar-refractivity contribution in [2.45, 2.75) is 6.61 Å². The molecule has 0 aliphatic heterocycles. The molecule has 15 heavy (non-hydrogen) atoms. The van der Waals surface area contributed by atoms with Gasteiger partial charge < -0.3 is 19.5 Å². The summed E-state index contributed by atoms with van der Waals surface area (Å²) < 4.78 is 32.7. The quantitative estimate of drug-likeness (QED) is 0.697. The first kappa shape index (κ1) is 11.7. The minimum atomic E-state index is -2.95. The average molecular weight is 218 g/mol. The molecule has 82 valence electrons. The van der Waals surface area contributed by atoms with Crippen molar-refractivity contribution in [3.8, 4) is 11.5 Å². The van der Waals surface area contributed by atoms with Crippen LogP contribution in [-0.4, -0.2) is 30.9 Å². The van der Waals surface area contributed by atoms with E-state index in [9.17, 15) is 8.78 Å². The molecule has 0 atom stereocenters. The number of halogens is 2. The molecule has 0 spiro atoms. The Morgan fingerprint density at radius 2 is 1.93 bits per heavy atom. The van der Waals surface area contributed by atoms with Gasteiger partial charge in [-0.25, -0.2) is 0 Å². The zero-order valence-corrected chi connectivity index (χ0v) is 7.85. The number of ether oxygens (including phenoxy) is 2. The van der Waals surface area contributed by atoms with Gasteiger partial charge in [0.1, 0.15) is 0 Å². The van der Waals surface area contributed by atoms with Crippen LogP contribution in [0.25, 0.3) is 0 Å². The van der Waals surface area contributed by atoms with Crippen molar-refractivity contribution in [2.24, 2.45) is 0 Å². The van der Waals surface area contributed by atoms with Gasteiger partial charge in [0.05, 0.1) is 7.11 Å². The van der Waals surface area contributed by atoms with Gasteiger partial charge in [-0.3, -0.25) is 0 Å². The summed E-state index contributed by atoms with van der Waals surface area (Å²) in [6, 6.07) is 3.65. The van der Waals surface area contributed by atoms with Crippen LogP contribution in [0.15, 0.2) is 18.2 Å². The average Bonchev–Trinajstić information content (AvgIpc) is 2.17. The van der Waals surface area contributed by atoms with E-state index in [4.69, 9.17) is 14.8 Å². The van der Waals surface area contributed by atoms with Crippen molar-refractivity contribution in [3.05, 3.63) is 18.2 Å². The summed E-state index contributed by atoms with van der Waals surface area (Å²) in [5.41, 5.74) is 0.133. The molecule has 0 bridgehead atoms. The minimum Gasteiger partial charge on any atom is -0.493 e. The van der Waals surface area contributed by atoms with Gasteiger partial charge in [0.15, 0.2) is 11.5 Å². The summed E-state index contributed by atoms with van der Waals surface area (Å²) in [5, 5.41) is 17.7. The lowest BCUT2D eigenvalue weighted by Crippen LogP contribution is -2.29. The number of hydrogen-bond acceptors (Lipinski definition) is 4. The lowest BCUT2D eigenvalue weighted by molar-refractivity contribution is -0.0511. The number of hydrogen-bond donors (Lipinski definition) is 2. The Balaban J connectivity index is 2.98. The van der Waals surface area contributed by atoms with Gasteiger partial charge in [0, 0.05) is 0 Å². The van der Waals surface area contributed by atoms with Crippen molar-refractivity contribution >= 4 is 12.6 Å². The standard InChI is InChI=1S/C8H9BF2O4/c1-14-7-4-5(9(12)13)2-3-6(7)15-8(10)11/h2-4,8,12-13H,1H3. The van der Waals surface area contributed by atoms with Crippen LogP contribution in [0.1, 0.15) is 0 Å². The molecule has 0 amide bonds. The third kappa shape index (κ3) is 3.07. The van der Waals surface area contributed by atoms with Crippen molar-refractivity contribution in [3.63, 3.8) is 0 Å². The van der Waals surface area contributed by atoms with Crippen LogP contribution >= 0.6 is 0 Å². The number of rotatable bonds is 4. The van der Waals surface area contributed by atoms with Gasteiger partial charge in [0.25, 0.3) is 0 Å². The summed E-state index contributed by atoms with van der Waals surface area (Å²) in [4.78, 5) is 0. The second-order valence-electron chi connectivity index (χ2n) is 2.66. The highest BCUT2D eigenvalue weighted by Gasteiger charge is 2.16. The highest BCUT2D eigenvalue weighted by atomic mass is 19.3. The Morgan fingerprint density at radius 1 is 1.27 bits per heavy atom. The van der Waals surface area contributed by atoms with Crippen LogP contribution in [-0.2, 0) is 0 Å². The summed E-state index contributed by atoms with van der Waals surface area (Å²) in [5.74, 6) is -0.141. The summed E-state index contributed by atoms with van der Waals surface area (Å²) in [6.45, 7) is -2.95. The smallest absolute Gasteiger partial charge is 0.488 e. The molecule has 7 heteroatoms. The van der Waals surface area contributed by atoms with E-state index in [0.29, 0.717) is 0 Å². The summed E-state index contributed by atoms with van der Waals surface area (Å²) in [7, 11) is -0.416. The fourth-order valence-corrected chi connectivity index (χ4v) is 1.04. The molecule has 0 saturated carbocycles. The van der Waals surface area contributed by atoms with Crippen molar-refractivity contribution in [2.75, 3.05) is 7.11 Å². The molecule has 0 unspecified atom stereocenters. The predicted molar refractivity (Wildman–Crippen MR) is 49.5 cm³/mol. The van der Waals surface area contributed by atoms with Gasteiger partial charge >= 0.3 is 13.7 Å². The Bertz CT molecular complexity index is 332. The topological polar surface area (TPSA) is 58.9 Å². The van der Waals surface area contributed by atoms with Crippen LogP contribution in [0.3, 0.4) is 0 Å². The molecular formula is C8H9BF2O4. The Morgan fingerprint density at radius 3 is 2.40 bits per heavy atom. The van der Waals surface area contributed by atoms with Crippen LogP contribution in [0.2, 0.25) is 0 Å².